The third-order valence-electron chi connectivity index (χ3n) is 5.61. The van der Waals surface area contributed by atoms with Crippen LogP contribution < -0.4 is 0 Å². The topological polar surface area (TPSA) is 38.1 Å². The van der Waals surface area contributed by atoms with Crippen LogP contribution in [-0.2, 0) is 12.8 Å². The lowest BCUT2D eigenvalue weighted by Crippen LogP contribution is -2.29. The molecule has 2 aromatic carbocycles. The molecule has 0 N–H and O–H groups in total. The number of amides is 1. The Morgan fingerprint density at radius 2 is 1.89 bits per heavy atom. The number of aryl methyl sites for hydroxylation is 1. The quantitative estimate of drug-likeness (QED) is 0.669. The van der Waals surface area contributed by atoms with Crippen LogP contribution in [0, 0.1) is 0 Å². The second-order valence-corrected chi connectivity index (χ2v) is 8.25. The molecular formula is C22H21N3OS. The summed E-state index contributed by atoms with van der Waals surface area (Å²) in [6, 6.07) is 18.9. The number of thioether (sulfide) groups is 1. The number of carbonyl (C=O) groups is 1. The van der Waals surface area contributed by atoms with Crippen molar-refractivity contribution in [3.8, 4) is 11.3 Å². The lowest BCUT2D eigenvalue weighted by Gasteiger charge is -2.19. The summed E-state index contributed by atoms with van der Waals surface area (Å²) in [6.45, 7) is 1.57. The number of rotatable bonds is 2. The highest BCUT2D eigenvalue weighted by molar-refractivity contribution is 7.98. The molecule has 5 heteroatoms. The Hall–Kier alpha value is -2.53. The Morgan fingerprint density at radius 3 is 2.74 bits per heavy atom. The standard InChI is InChI=1S/C22H21N3OS/c1-24-21-17-9-5-6-10-19(17)27-14-18(21)20(23-24)22(26)25-12-11-16(13-25)15-7-3-2-4-8-15/h2-10,16H,11-14H2,1H3/t16-/m0/s1. The van der Waals surface area contributed by atoms with Crippen molar-refractivity contribution in [2.45, 2.75) is 23.0 Å². The number of carbonyl (C=O) groups excluding carboxylic acids is 1. The molecule has 1 atom stereocenters. The molecule has 1 amide bonds. The maximum atomic E-state index is 13.3. The van der Waals surface area contributed by atoms with E-state index < -0.39 is 0 Å². The minimum Gasteiger partial charge on any atom is -0.337 e. The van der Waals surface area contributed by atoms with Gasteiger partial charge in [0.2, 0.25) is 0 Å². The van der Waals surface area contributed by atoms with Gasteiger partial charge in [0, 0.05) is 47.8 Å². The number of fused-ring (bicyclic) bond motifs is 3. The SMILES string of the molecule is Cn1nc(C(=O)N2CC[C@H](c3ccccc3)C2)c2c1-c1ccccc1SC2. The molecule has 0 saturated carbocycles. The number of hydrogen-bond acceptors (Lipinski definition) is 3. The molecule has 1 aromatic heterocycles. The Bertz CT molecular complexity index is 1010. The average molecular weight is 375 g/mol. The van der Waals surface area contributed by atoms with Gasteiger partial charge in [0.15, 0.2) is 5.69 Å². The van der Waals surface area contributed by atoms with Crippen molar-refractivity contribution < 1.29 is 4.79 Å². The van der Waals surface area contributed by atoms with Gasteiger partial charge < -0.3 is 4.90 Å². The Kier molecular flexibility index (Phi) is 4.05. The predicted molar refractivity (Wildman–Crippen MR) is 108 cm³/mol. The molecule has 1 saturated heterocycles. The van der Waals surface area contributed by atoms with E-state index in [9.17, 15) is 4.79 Å². The van der Waals surface area contributed by atoms with Gasteiger partial charge in [0.05, 0.1) is 5.69 Å². The van der Waals surface area contributed by atoms with Gasteiger partial charge in [-0.2, -0.15) is 5.10 Å². The fourth-order valence-electron chi connectivity index (χ4n) is 4.24. The molecule has 3 heterocycles. The van der Waals surface area contributed by atoms with Crippen molar-refractivity contribution in [1.82, 2.24) is 14.7 Å². The van der Waals surface area contributed by atoms with Crippen LogP contribution in [0.4, 0.5) is 0 Å². The van der Waals surface area contributed by atoms with E-state index in [1.807, 2.05) is 28.8 Å². The van der Waals surface area contributed by atoms with Gasteiger partial charge in [-0.05, 0) is 18.1 Å². The van der Waals surface area contributed by atoms with Crippen LogP contribution in [0.5, 0.6) is 0 Å². The summed E-state index contributed by atoms with van der Waals surface area (Å²) < 4.78 is 1.88. The fraction of sp³-hybridized carbons (Fsp3) is 0.273. The molecule has 2 aliphatic heterocycles. The average Bonchev–Trinajstić information content (AvgIpc) is 3.33. The third kappa shape index (κ3) is 2.77. The fourth-order valence-corrected chi connectivity index (χ4v) is 5.31. The highest BCUT2D eigenvalue weighted by atomic mass is 32.2. The first-order valence-electron chi connectivity index (χ1n) is 9.34. The van der Waals surface area contributed by atoms with Gasteiger partial charge in [0.25, 0.3) is 5.91 Å². The van der Waals surface area contributed by atoms with E-state index in [1.54, 1.807) is 11.8 Å². The molecule has 0 radical (unpaired) electrons. The summed E-state index contributed by atoms with van der Waals surface area (Å²) >= 11 is 1.79. The van der Waals surface area contributed by atoms with Crippen molar-refractivity contribution >= 4 is 17.7 Å². The third-order valence-corrected chi connectivity index (χ3v) is 6.71. The van der Waals surface area contributed by atoms with Crippen LogP contribution in [-0.4, -0.2) is 33.7 Å². The first-order valence-corrected chi connectivity index (χ1v) is 10.3. The van der Waals surface area contributed by atoms with Crippen LogP contribution >= 0.6 is 11.8 Å². The maximum absolute atomic E-state index is 13.3. The van der Waals surface area contributed by atoms with Gasteiger partial charge in [-0.1, -0.05) is 48.5 Å². The summed E-state index contributed by atoms with van der Waals surface area (Å²) in [6.07, 6.45) is 1.02. The van der Waals surface area contributed by atoms with Crippen LogP contribution in [0.1, 0.15) is 34.0 Å². The summed E-state index contributed by atoms with van der Waals surface area (Å²) in [5.41, 5.74) is 5.30. The molecule has 5 rings (SSSR count). The highest BCUT2D eigenvalue weighted by Crippen LogP contribution is 2.42. The van der Waals surface area contributed by atoms with E-state index in [2.05, 4.69) is 47.6 Å². The Balaban J connectivity index is 1.45. The molecule has 136 valence electrons. The van der Waals surface area contributed by atoms with Crippen LogP contribution in [0.15, 0.2) is 59.5 Å². The van der Waals surface area contributed by atoms with Crippen molar-refractivity contribution in [2.75, 3.05) is 13.1 Å². The molecule has 4 nitrogen and oxygen atoms in total. The first kappa shape index (κ1) is 16.6. The van der Waals surface area contributed by atoms with Gasteiger partial charge >= 0.3 is 0 Å². The first-order chi connectivity index (χ1) is 13.2. The normalized spacial score (nSPS) is 18.3. The monoisotopic (exact) mass is 375 g/mol. The minimum atomic E-state index is 0.0743. The van der Waals surface area contributed by atoms with Crippen molar-refractivity contribution in [3.05, 3.63) is 71.4 Å². The van der Waals surface area contributed by atoms with Gasteiger partial charge in [-0.3, -0.25) is 9.48 Å². The van der Waals surface area contributed by atoms with E-state index >= 15 is 0 Å². The van der Waals surface area contributed by atoms with Crippen molar-refractivity contribution in [2.24, 2.45) is 7.05 Å². The number of hydrogen-bond donors (Lipinski definition) is 0. The maximum Gasteiger partial charge on any atom is 0.274 e. The lowest BCUT2D eigenvalue weighted by molar-refractivity contribution is 0.0783. The molecule has 27 heavy (non-hydrogen) atoms. The summed E-state index contributed by atoms with van der Waals surface area (Å²) in [4.78, 5) is 16.5. The second kappa shape index (κ2) is 6.57. The molecule has 2 aliphatic rings. The van der Waals surface area contributed by atoms with E-state index in [-0.39, 0.29) is 5.91 Å². The minimum absolute atomic E-state index is 0.0743. The number of benzene rings is 2. The molecule has 0 bridgehead atoms. The molecule has 3 aromatic rings. The molecule has 0 spiro atoms. The van der Waals surface area contributed by atoms with Gasteiger partial charge in [-0.25, -0.2) is 0 Å². The van der Waals surface area contributed by atoms with Crippen LogP contribution in [0.25, 0.3) is 11.3 Å². The van der Waals surface area contributed by atoms with Gasteiger partial charge in [-0.15, -0.1) is 11.8 Å². The molecule has 1 fully saturated rings. The number of nitrogens with zero attached hydrogens (tertiary/aromatic N) is 3. The molecule has 0 unspecified atom stereocenters. The lowest BCUT2D eigenvalue weighted by atomic mass is 9.99. The van der Waals surface area contributed by atoms with E-state index in [0.717, 1.165) is 36.5 Å². The predicted octanol–water partition coefficient (Wildman–Crippen LogP) is 4.32. The summed E-state index contributed by atoms with van der Waals surface area (Å²) in [5.74, 6) is 1.30. The van der Waals surface area contributed by atoms with E-state index in [0.29, 0.717) is 11.6 Å². The zero-order valence-electron chi connectivity index (χ0n) is 15.3. The van der Waals surface area contributed by atoms with Crippen LogP contribution in [0.3, 0.4) is 0 Å². The van der Waals surface area contributed by atoms with Crippen molar-refractivity contribution in [3.63, 3.8) is 0 Å². The van der Waals surface area contributed by atoms with Gasteiger partial charge in [0.1, 0.15) is 0 Å². The zero-order valence-corrected chi connectivity index (χ0v) is 16.1. The number of likely N-dealkylation sites (tertiary alicyclic amines) is 1. The Morgan fingerprint density at radius 1 is 1.11 bits per heavy atom. The summed E-state index contributed by atoms with van der Waals surface area (Å²) in [5, 5.41) is 4.65. The number of aromatic nitrogens is 2. The van der Waals surface area contributed by atoms with Crippen molar-refractivity contribution in [1.29, 1.82) is 0 Å². The smallest absolute Gasteiger partial charge is 0.274 e. The molecule has 0 aliphatic carbocycles. The van der Waals surface area contributed by atoms with E-state index in [4.69, 9.17) is 0 Å². The Labute approximate surface area is 163 Å². The molecular weight excluding hydrogens is 354 g/mol. The summed E-state index contributed by atoms with van der Waals surface area (Å²) in [7, 11) is 1.94. The second-order valence-electron chi connectivity index (χ2n) is 7.23. The largest absolute Gasteiger partial charge is 0.337 e. The van der Waals surface area contributed by atoms with Crippen LogP contribution in [0.2, 0.25) is 0 Å². The highest BCUT2D eigenvalue weighted by Gasteiger charge is 2.33. The zero-order chi connectivity index (χ0) is 18.4. The van der Waals surface area contributed by atoms with E-state index in [1.165, 1.54) is 16.0 Å².